The number of hydrogen-bond acceptors (Lipinski definition) is 2. The summed E-state index contributed by atoms with van der Waals surface area (Å²) >= 11 is 0. The first-order chi connectivity index (χ1) is 7.27. The van der Waals surface area contributed by atoms with Crippen molar-refractivity contribution in [2.75, 3.05) is 0 Å². The quantitative estimate of drug-likeness (QED) is 0.751. The fourth-order valence-corrected chi connectivity index (χ4v) is 2.24. The molecule has 0 bridgehead atoms. The second kappa shape index (κ2) is 4.58. The number of Topliss-reactive ketones (excluding diaryl/α,β-unsaturated/α-hetero) is 1. The van der Waals surface area contributed by atoms with Crippen molar-refractivity contribution >= 4 is 5.78 Å². The molecule has 15 heavy (non-hydrogen) atoms. The molecule has 0 aliphatic heterocycles. The Bertz CT molecular complexity index is 332. The van der Waals surface area contributed by atoms with Gasteiger partial charge in [-0.25, -0.2) is 0 Å². The van der Waals surface area contributed by atoms with Crippen LogP contribution < -0.4 is 0 Å². The van der Waals surface area contributed by atoms with E-state index in [4.69, 9.17) is 0 Å². The van der Waals surface area contributed by atoms with Crippen LogP contribution in [-0.4, -0.2) is 17.0 Å². The lowest BCUT2D eigenvalue weighted by molar-refractivity contribution is 0.0709. The number of hydrogen-bond donors (Lipinski definition) is 1. The van der Waals surface area contributed by atoms with Gasteiger partial charge in [-0.2, -0.15) is 0 Å². The zero-order valence-electron chi connectivity index (χ0n) is 8.73. The average molecular weight is 204 g/mol. The third kappa shape index (κ3) is 2.45. The molecule has 1 aliphatic rings. The highest BCUT2D eigenvalue weighted by molar-refractivity contribution is 5.97. The van der Waals surface area contributed by atoms with Gasteiger partial charge in [-0.05, 0) is 19.3 Å². The Balaban J connectivity index is 2.08. The van der Waals surface area contributed by atoms with Crippen molar-refractivity contribution in [3.05, 3.63) is 35.9 Å². The van der Waals surface area contributed by atoms with E-state index in [1.165, 1.54) is 0 Å². The molecule has 0 saturated heterocycles. The van der Waals surface area contributed by atoms with Crippen LogP contribution in [0.3, 0.4) is 0 Å². The number of carbonyl (C=O) groups is 1. The fraction of sp³-hybridized carbons (Fsp3) is 0.462. The lowest BCUT2D eigenvalue weighted by atomic mass is 9.82. The van der Waals surface area contributed by atoms with Gasteiger partial charge in [0.05, 0.1) is 6.10 Å². The molecule has 2 heteroatoms. The van der Waals surface area contributed by atoms with Gasteiger partial charge in [0.25, 0.3) is 0 Å². The van der Waals surface area contributed by atoms with Gasteiger partial charge >= 0.3 is 0 Å². The molecule has 0 heterocycles. The van der Waals surface area contributed by atoms with Crippen LogP contribution in [0.5, 0.6) is 0 Å². The topological polar surface area (TPSA) is 37.3 Å². The summed E-state index contributed by atoms with van der Waals surface area (Å²) in [5.74, 6) is 0.213. The third-order valence-corrected chi connectivity index (χ3v) is 3.08. The molecule has 1 aromatic rings. The molecule has 1 aliphatic carbocycles. The molecular formula is C13H16O2. The maximum absolute atomic E-state index is 12.0. The van der Waals surface area contributed by atoms with Crippen LogP contribution in [0, 0.1) is 5.92 Å². The molecule has 0 amide bonds. The highest BCUT2D eigenvalue weighted by atomic mass is 16.3. The summed E-state index contributed by atoms with van der Waals surface area (Å²) in [5.41, 5.74) is 0.775. The van der Waals surface area contributed by atoms with E-state index < -0.39 is 0 Å². The van der Waals surface area contributed by atoms with Gasteiger partial charge in [-0.1, -0.05) is 36.8 Å². The maximum Gasteiger partial charge on any atom is 0.166 e. The van der Waals surface area contributed by atoms with Crippen molar-refractivity contribution in [1.82, 2.24) is 0 Å². The van der Waals surface area contributed by atoms with Crippen LogP contribution in [0.1, 0.15) is 36.0 Å². The Morgan fingerprint density at radius 2 is 1.93 bits per heavy atom. The van der Waals surface area contributed by atoms with Gasteiger partial charge in [0.2, 0.25) is 0 Å². The molecule has 2 atom stereocenters. The smallest absolute Gasteiger partial charge is 0.166 e. The van der Waals surface area contributed by atoms with Crippen LogP contribution in [0.4, 0.5) is 0 Å². The van der Waals surface area contributed by atoms with E-state index in [-0.39, 0.29) is 17.8 Å². The van der Waals surface area contributed by atoms with Crippen molar-refractivity contribution in [2.24, 2.45) is 5.92 Å². The minimum absolute atomic E-state index is 0.0242. The molecule has 1 fully saturated rings. The largest absolute Gasteiger partial charge is 0.393 e. The van der Waals surface area contributed by atoms with E-state index in [1.54, 1.807) is 0 Å². The second-order valence-electron chi connectivity index (χ2n) is 4.25. The Kier molecular flexibility index (Phi) is 3.17. The van der Waals surface area contributed by atoms with Gasteiger partial charge in [0, 0.05) is 11.5 Å². The van der Waals surface area contributed by atoms with Crippen LogP contribution in [0.2, 0.25) is 0 Å². The average Bonchev–Trinajstić information content (AvgIpc) is 2.29. The summed E-state index contributed by atoms with van der Waals surface area (Å²) < 4.78 is 0. The lowest BCUT2D eigenvalue weighted by Crippen LogP contribution is -2.25. The maximum atomic E-state index is 12.0. The Morgan fingerprint density at radius 3 is 2.60 bits per heavy atom. The van der Waals surface area contributed by atoms with Gasteiger partial charge < -0.3 is 5.11 Å². The molecule has 0 spiro atoms. The predicted octanol–water partition coefficient (Wildman–Crippen LogP) is 2.42. The minimum Gasteiger partial charge on any atom is -0.393 e. The molecule has 1 saturated carbocycles. The number of benzene rings is 1. The van der Waals surface area contributed by atoms with E-state index >= 15 is 0 Å². The van der Waals surface area contributed by atoms with E-state index in [9.17, 15) is 9.90 Å². The van der Waals surface area contributed by atoms with E-state index in [1.807, 2.05) is 30.3 Å². The van der Waals surface area contributed by atoms with Crippen molar-refractivity contribution in [3.63, 3.8) is 0 Å². The summed E-state index contributed by atoms with van der Waals surface area (Å²) in [7, 11) is 0. The summed E-state index contributed by atoms with van der Waals surface area (Å²) in [5, 5.41) is 9.52. The number of rotatable bonds is 2. The first-order valence-corrected chi connectivity index (χ1v) is 5.54. The second-order valence-corrected chi connectivity index (χ2v) is 4.25. The zero-order chi connectivity index (χ0) is 10.7. The Labute approximate surface area is 89.9 Å². The molecule has 2 rings (SSSR count). The van der Waals surface area contributed by atoms with E-state index in [0.29, 0.717) is 6.42 Å². The minimum atomic E-state index is -0.281. The first-order valence-electron chi connectivity index (χ1n) is 5.54. The van der Waals surface area contributed by atoms with Gasteiger partial charge in [-0.15, -0.1) is 0 Å². The Hall–Kier alpha value is -1.15. The monoisotopic (exact) mass is 204 g/mol. The molecule has 0 radical (unpaired) electrons. The van der Waals surface area contributed by atoms with Gasteiger partial charge in [0.15, 0.2) is 5.78 Å². The summed E-state index contributed by atoms with van der Waals surface area (Å²) in [6, 6.07) is 9.37. The molecule has 0 aromatic heterocycles. The predicted molar refractivity (Wildman–Crippen MR) is 58.7 cm³/mol. The summed E-state index contributed by atoms with van der Waals surface area (Å²) in [6.07, 6.45) is 3.08. The van der Waals surface area contributed by atoms with Gasteiger partial charge in [-0.3, -0.25) is 4.79 Å². The SMILES string of the molecule is O=C(c1ccccc1)[C@@H]1CCC[C@@H](O)C1. The Morgan fingerprint density at radius 1 is 1.20 bits per heavy atom. The van der Waals surface area contributed by atoms with E-state index in [0.717, 1.165) is 24.8 Å². The van der Waals surface area contributed by atoms with Crippen molar-refractivity contribution < 1.29 is 9.90 Å². The molecular weight excluding hydrogens is 188 g/mol. The standard InChI is InChI=1S/C13H16O2/c14-12-8-4-7-11(9-12)13(15)10-5-2-1-3-6-10/h1-3,5-6,11-12,14H,4,7-9H2/t11-,12-/m1/s1. The normalized spacial score (nSPS) is 26.2. The summed E-state index contributed by atoms with van der Waals surface area (Å²) in [6.45, 7) is 0. The summed E-state index contributed by atoms with van der Waals surface area (Å²) in [4.78, 5) is 12.0. The highest BCUT2D eigenvalue weighted by Gasteiger charge is 2.26. The highest BCUT2D eigenvalue weighted by Crippen LogP contribution is 2.27. The molecule has 80 valence electrons. The lowest BCUT2D eigenvalue weighted by Gasteiger charge is -2.24. The zero-order valence-corrected chi connectivity index (χ0v) is 8.73. The molecule has 1 aromatic carbocycles. The molecule has 2 nitrogen and oxygen atoms in total. The molecule has 0 unspecified atom stereocenters. The number of aliphatic hydroxyl groups excluding tert-OH is 1. The fourth-order valence-electron chi connectivity index (χ4n) is 2.24. The van der Waals surface area contributed by atoms with Crippen LogP contribution in [-0.2, 0) is 0 Å². The van der Waals surface area contributed by atoms with Crippen LogP contribution in [0.25, 0.3) is 0 Å². The van der Waals surface area contributed by atoms with Gasteiger partial charge in [0.1, 0.15) is 0 Å². The number of aliphatic hydroxyl groups is 1. The van der Waals surface area contributed by atoms with Crippen molar-refractivity contribution in [3.8, 4) is 0 Å². The first kappa shape index (κ1) is 10.4. The van der Waals surface area contributed by atoms with Crippen LogP contribution in [0.15, 0.2) is 30.3 Å². The van der Waals surface area contributed by atoms with Crippen LogP contribution >= 0.6 is 0 Å². The number of ketones is 1. The third-order valence-electron chi connectivity index (χ3n) is 3.08. The van der Waals surface area contributed by atoms with Crippen molar-refractivity contribution in [2.45, 2.75) is 31.8 Å². The van der Waals surface area contributed by atoms with E-state index in [2.05, 4.69) is 0 Å². The van der Waals surface area contributed by atoms with Crippen molar-refractivity contribution in [1.29, 1.82) is 0 Å². The number of carbonyl (C=O) groups excluding carboxylic acids is 1. The molecule has 1 N–H and O–H groups in total.